The van der Waals surface area contributed by atoms with Gasteiger partial charge in [-0.05, 0) is 46.2 Å². The number of hydrogen-bond donors (Lipinski definition) is 0. The lowest BCUT2D eigenvalue weighted by Crippen LogP contribution is -2.54. The standard InChI is InChI=1S/C16H26N2/c1-12(2)18-9-8-17(11-15(18)5)16-7-6-13(3)10-14(16)4/h6-7,10,12,15H,8-9,11H2,1-5H3. The van der Waals surface area contributed by atoms with Gasteiger partial charge in [0.15, 0.2) is 0 Å². The van der Waals surface area contributed by atoms with Gasteiger partial charge in [0.25, 0.3) is 0 Å². The van der Waals surface area contributed by atoms with Crippen molar-refractivity contribution in [3.05, 3.63) is 29.3 Å². The predicted molar refractivity (Wildman–Crippen MR) is 79.4 cm³/mol. The van der Waals surface area contributed by atoms with Crippen LogP contribution in [0.3, 0.4) is 0 Å². The number of anilines is 1. The maximum absolute atomic E-state index is 2.60. The van der Waals surface area contributed by atoms with Crippen molar-refractivity contribution in [1.82, 2.24) is 4.90 Å². The van der Waals surface area contributed by atoms with Crippen LogP contribution in [-0.4, -0.2) is 36.6 Å². The molecule has 1 aromatic rings. The van der Waals surface area contributed by atoms with Gasteiger partial charge < -0.3 is 4.90 Å². The summed E-state index contributed by atoms with van der Waals surface area (Å²) < 4.78 is 0. The van der Waals surface area contributed by atoms with Crippen molar-refractivity contribution in [2.45, 2.75) is 46.7 Å². The van der Waals surface area contributed by atoms with Crippen molar-refractivity contribution in [2.75, 3.05) is 24.5 Å². The van der Waals surface area contributed by atoms with E-state index in [4.69, 9.17) is 0 Å². The highest BCUT2D eigenvalue weighted by Crippen LogP contribution is 2.24. The normalized spacial score (nSPS) is 21.7. The predicted octanol–water partition coefficient (Wildman–Crippen LogP) is 3.22. The number of aryl methyl sites for hydroxylation is 2. The number of hydrogen-bond acceptors (Lipinski definition) is 2. The molecule has 100 valence electrons. The summed E-state index contributed by atoms with van der Waals surface area (Å²) in [6.45, 7) is 14.8. The summed E-state index contributed by atoms with van der Waals surface area (Å²) in [5, 5.41) is 0. The fourth-order valence-corrected chi connectivity index (χ4v) is 3.12. The van der Waals surface area contributed by atoms with Gasteiger partial charge in [-0.3, -0.25) is 4.90 Å². The zero-order chi connectivity index (χ0) is 13.3. The van der Waals surface area contributed by atoms with E-state index in [1.54, 1.807) is 0 Å². The first kappa shape index (κ1) is 13.4. The van der Waals surface area contributed by atoms with Crippen LogP contribution in [0, 0.1) is 13.8 Å². The molecule has 1 saturated heterocycles. The van der Waals surface area contributed by atoms with E-state index in [2.05, 4.69) is 62.6 Å². The fraction of sp³-hybridized carbons (Fsp3) is 0.625. The molecular weight excluding hydrogens is 220 g/mol. The van der Waals surface area contributed by atoms with Gasteiger partial charge >= 0.3 is 0 Å². The van der Waals surface area contributed by atoms with E-state index in [1.807, 2.05) is 0 Å². The highest BCUT2D eigenvalue weighted by Gasteiger charge is 2.25. The molecule has 0 radical (unpaired) electrons. The summed E-state index contributed by atoms with van der Waals surface area (Å²) in [5.74, 6) is 0. The van der Waals surface area contributed by atoms with Crippen molar-refractivity contribution in [1.29, 1.82) is 0 Å². The molecule has 1 aromatic carbocycles. The minimum absolute atomic E-state index is 0.638. The smallest absolute Gasteiger partial charge is 0.0397 e. The first-order chi connectivity index (χ1) is 8.49. The Morgan fingerprint density at radius 2 is 1.89 bits per heavy atom. The van der Waals surface area contributed by atoms with Crippen molar-refractivity contribution < 1.29 is 0 Å². The molecular formula is C16H26N2. The van der Waals surface area contributed by atoms with Gasteiger partial charge in [0.05, 0.1) is 0 Å². The third kappa shape index (κ3) is 2.69. The van der Waals surface area contributed by atoms with Gasteiger partial charge in [0.1, 0.15) is 0 Å². The molecule has 0 spiro atoms. The number of benzene rings is 1. The zero-order valence-electron chi connectivity index (χ0n) is 12.4. The summed E-state index contributed by atoms with van der Waals surface area (Å²) in [6.07, 6.45) is 0. The summed E-state index contributed by atoms with van der Waals surface area (Å²) in [4.78, 5) is 5.14. The van der Waals surface area contributed by atoms with Crippen LogP contribution in [0.1, 0.15) is 31.9 Å². The lowest BCUT2D eigenvalue weighted by molar-refractivity contribution is 0.148. The fourth-order valence-electron chi connectivity index (χ4n) is 3.12. The highest BCUT2D eigenvalue weighted by atomic mass is 15.3. The molecule has 2 rings (SSSR count). The molecule has 2 heteroatoms. The SMILES string of the molecule is Cc1ccc(N2CCN(C(C)C)C(C)C2)c(C)c1. The lowest BCUT2D eigenvalue weighted by Gasteiger charge is -2.43. The topological polar surface area (TPSA) is 6.48 Å². The molecule has 0 saturated carbocycles. The Balaban J connectivity index is 2.12. The molecule has 0 bridgehead atoms. The van der Waals surface area contributed by atoms with Crippen LogP contribution in [0.15, 0.2) is 18.2 Å². The maximum atomic E-state index is 2.60. The van der Waals surface area contributed by atoms with Crippen molar-refractivity contribution >= 4 is 5.69 Å². The Hall–Kier alpha value is -1.02. The Labute approximate surface area is 112 Å². The molecule has 1 heterocycles. The lowest BCUT2D eigenvalue weighted by atomic mass is 10.1. The van der Waals surface area contributed by atoms with Crippen molar-refractivity contribution in [3.8, 4) is 0 Å². The van der Waals surface area contributed by atoms with Crippen LogP contribution in [-0.2, 0) is 0 Å². The van der Waals surface area contributed by atoms with Gasteiger partial charge in [0.2, 0.25) is 0 Å². The van der Waals surface area contributed by atoms with Gasteiger partial charge in [0, 0.05) is 37.4 Å². The summed E-state index contributed by atoms with van der Waals surface area (Å²) in [7, 11) is 0. The Bertz CT molecular complexity index is 412. The van der Waals surface area contributed by atoms with Crippen LogP contribution < -0.4 is 4.90 Å². The van der Waals surface area contributed by atoms with Crippen LogP contribution in [0.5, 0.6) is 0 Å². The Morgan fingerprint density at radius 1 is 1.17 bits per heavy atom. The molecule has 1 unspecified atom stereocenters. The monoisotopic (exact) mass is 246 g/mol. The van der Waals surface area contributed by atoms with E-state index in [-0.39, 0.29) is 0 Å². The summed E-state index contributed by atoms with van der Waals surface area (Å²) >= 11 is 0. The minimum Gasteiger partial charge on any atom is -0.368 e. The second-order valence-corrected chi connectivity index (χ2v) is 5.92. The van der Waals surface area contributed by atoms with E-state index >= 15 is 0 Å². The van der Waals surface area contributed by atoms with Gasteiger partial charge in [-0.2, -0.15) is 0 Å². The van der Waals surface area contributed by atoms with E-state index in [0.717, 1.165) is 13.1 Å². The molecule has 0 N–H and O–H groups in total. The first-order valence-corrected chi connectivity index (χ1v) is 7.07. The average Bonchev–Trinajstić information content (AvgIpc) is 2.28. The molecule has 1 aliphatic rings. The maximum Gasteiger partial charge on any atom is 0.0397 e. The van der Waals surface area contributed by atoms with Crippen LogP contribution in [0.25, 0.3) is 0 Å². The third-order valence-electron chi connectivity index (χ3n) is 4.04. The van der Waals surface area contributed by atoms with E-state index in [9.17, 15) is 0 Å². The number of piperazine rings is 1. The van der Waals surface area contributed by atoms with E-state index in [0.29, 0.717) is 12.1 Å². The zero-order valence-corrected chi connectivity index (χ0v) is 12.4. The second kappa shape index (κ2) is 5.31. The number of nitrogens with zero attached hydrogens (tertiary/aromatic N) is 2. The Kier molecular flexibility index (Phi) is 3.96. The molecule has 1 aliphatic heterocycles. The largest absolute Gasteiger partial charge is 0.368 e. The van der Waals surface area contributed by atoms with Gasteiger partial charge in [-0.25, -0.2) is 0 Å². The van der Waals surface area contributed by atoms with Gasteiger partial charge in [-0.1, -0.05) is 17.7 Å². The molecule has 0 aromatic heterocycles. The average molecular weight is 246 g/mol. The van der Waals surface area contributed by atoms with Gasteiger partial charge in [-0.15, -0.1) is 0 Å². The molecule has 1 fully saturated rings. The first-order valence-electron chi connectivity index (χ1n) is 7.07. The van der Waals surface area contributed by atoms with Crippen LogP contribution in [0.4, 0.5) is 5.69 Å². The quantitative estimate of drug-likeness (QED) is 0.790. The summed E-state index contributed by atoms with van der Waals surface area (Å²) in [5.41, 5.74) is 4.17. The van der Waals surface area contributed by atoms with E-state index < -0.39 is 0 Å². The van der Waals surface area contributed by atoms with Crippen LogP contribution in [0.2, 0.25) is 0 Å². The molecule has 1 atom stereocenters. The third-order valence-corrected chi connectivity index (χ3v) is 4.04. The van der Waals surface area contributed by atoms with Crippen LogP contribution >= 0.6 is 0 Å². The number of rotatable bonds is 2. The van der Waals surface area contributed by atoms with Crippen molar-refractivity contribution in [3.63, 3.8) is 0 Å². The molecule has 2 nitrogen and oxygen atoms in total. The van der Waals surface area contributed by atoms with Crippen molar-refractivity contribution in [2.24, 2.45) is 0 Å². The highest BCUT2D eigenvalue weighted by molar-refractivity contribution is 5.54. The second-order valence-electron chi connectivity index (χ2n) is 5.92. The summed E-state index contributed by atoms with van der Waals surface area (Å²) in [6, 6.07) is 8.08. The molecule has 18 heavy (non-hydrogen) atoms. The Morgan fingerprint density at radius 3 is 2.44 bits per heavy atom. The molecule has 0 amide bonds. The molecule has 0 aliphatic carbocycles. The van der Waals surface area contributed by atoms with E-state index in [1.165, 1.54) is 23.4 Å². The minimum atomic E-state index is 0.638.